The third-order valence-corrected chi connectivity index (χ3v) is 6.54. The Morgan fingerprint density at radius 2 is 1.85 bits per heavy atom. The third kappa shape index (κ3) is 5.14. The van der Waals surface area contributed by atoms with Gasteiger partial charge in [-0.3, -0.25) is 9.59 Å². The van der Waals surface area contributed by atoms with Crippen LogP contribution in [-0.4, -0.2) is 23.8 Å². The lowest BCUT2D eigenvalue weighted by Crippen LogP contribution is -2.33. The van der Waals surface area contributed by atoms with Crippen LogP contribution in [-0.2, 0) is 4.79 Å². The van der Waals surface area contributed by atoms with Crippen molar-refractivity contribution >= 4 is 11.8 Å². The van der Waals surface area contributed by atoms with E-state index in [9.17, 15) is 9.59 Å². The van der Waals surface area contributed by atoms with Gasteiger partial charge in [-0.05, 0) is 49.4 Å². The summed E-state index contributed by atoms with van der Waals surface area (Å²) >= 11 is 0. The second kappa shape index (κ2) is 10.5. The van der Waals surface area contributed by atoms with Gasteiger partial charge in [0.15, 0.2) is 11.5 Å². The zero-order valence-electron chi connectivity index (χ0n) is 19.6. The van der Waals surface area contributed by atoms with Crippen molar-refractivity contribution in [2.24, 2.45) is 11.7 Å². The molecule has 7 heteroatoms. The minimum Gasteiger partial charge on any atom is -0.484 e. The lowest BCUT2D eigenvalue weighted by Gasteiger charge is -2.28. The maximum Gasteiger partial charge on any atom is 0.284 e. The molecule has 34 heavy (non-hydrogen) atoms. The van der Waals surface area contributed by atoms with Crippen LogP contribution < -0.4 is 15.8 Å². The molecule has 1 aliphatic carbocycles. The molecule has 3 aromatic rings. The van der Waals surface area contributed by atoms with Gasteiger partial charge in [-0.2, -0.15) is 0 Å². The maximum atomic E-state index is 12.9. The molecule has 3 N–H and O–H groups in total. The highest BCUT2D eigenvalue weighted by molar-refractivity contribution is 5.95. The average molecular weight is 462 g/mol. The van der Waals surface area contributed by atoms with Crippen LogP contribution in [0.2, 0.25) is 0 Å². The van der Waals surface area contributed by atoms with Gasteiger partial charge in [0, 0.05) is 12.6 Å². The van der Waals surface area contributed by atoms with Crippen molar-refractivity contribution in [3.05, 3.63) is 71.6 Å². The van der Waals surface area contributed by atoms with Gasteiger partial charge >= 0.3 is 0 Å². The number of pyridine rings is 1. The lowest BCUT2D eigenvalue weighted by molar-refractivity contribution is -0.123. The number of furan rings is 1. The molecule has 0 bridgehead atoms. The first kappa shape index (κ1) is 23.5. The van der Waals surface area contributed by atoms with Crippen LogP contribution >= 0.6 is 0 Å². The first-order chi connectivity index (χ1) is 16.5. The quantitative estimate of drug-likeness (QED) is 0.491. The van der Waals surface area contributed by atoms with E-state index in [1.807, 2.05) is 43.3 Å². The number of likely N-dealkylation sites (N-methyl/N-ethyl adjacent to an activating group) is 1. The molecule has 1 saturated carbocycles. The highest BCUT2D eigenvalue weighted by atomic mass is 16.5. The van der Waals surface area contributed by atoms with Gasteiger partial charge in [0.25, 0.3) is 5.91 Å². The summed E-state index contributed by atoms with van der Waals surface area (Å²) in [4.78, 5) is 29.6. The Bertz CT molecular complexity index is 1120. The SMILES string of the molecule is CNC(=O)[C@H](c1cc(-c2ccc(O[C@H](C)c3ccccc3)cn2)oc1C(N)=O)C1CCCCC1. The van der Waals surface area contributed by atoms with E-state index in [-0.39, 0.29) is 23.7 Å². The van der Waals surface area contributed by atoms with E-state index < -0.39 is 11.8 Å². The van der Waals surface area contributed by atoms with E-state index in [1.54, 1.807) is 25.4 Å². The predicted molar refractivity (Wildman–Crippen MR) is 129 cm³/mol. The second-order valence-corrected chi connectivity index (χ2v) is 8.80. The number of nitrogens with zero attached hydrogens (tertiary/aromatic N) is 1. The Morgan fingerprint density at radius 1 is 1.12 bits per heavy atom. The number of amides is 2. The number of nitrogens with two attached hydrogens (primary N) is 1. The number of primary amides is 1. The number of carbonyl (C=O) groups excluding carboxylic acids is 2. The van der Waals surface area contributed by atoms with E-state index in [0.717, 1.165) is 37.7 Å². The Labute approximate surface area is 199 Å². The monoisotopic (exact) mass is 461 g/mol. The van der Waals surface area contributed by atoms with Gasteiger partial charge in [0.2, 0.25) is 5.91 Å². The third-order valence-electron chi connectivity index (χ3n) is 6.54. The summed E-state index contributed by atoms with van der Waals surface area (Å²) in [6.45, 7) is 1.98. The molecule has 2 atom stereocenters. The van der Waals surface area contributed by atoms with Crippen LogP contribution in [0.5, 0.6) is 5.75 Å². The summed E-state index contributed by atoms with van der Waals surface area (Å²) in [5.74, 6) is -0.131. The Hall–Kier alpha value is -3.61. The molecule has 0 spiro atoms. The predicted octanol–water partition coefficient (Wildman–Crippen LogP) is 4.99. The number of hydrogen-bond acceptors (Lipinski definition) is 5. The topological polar surface area (TPSA) is 107 Å². The molecule has 2 heterocycles. The fraction of sp³-hybridized carbons (Fsp3) is 0.370. The zero-order valence-corrected chi connectivity index (χ0v) is 19.6. The molecule has 0 aliphatic heterocycles. The summed E-state index contributed by atoms with van der Waals surface area (Å²) in [6.07, 6.45) is 6.66. The first-order valence-electron chi connectivity index (χ1n) is 11.8. The number of hydrogen-bond donors (Lipinski definition) is 2. The van der Waals surface area contributed by atoms with Crippen LogP contribution in [0, 0.1) is 5.92 Å². The van der Waals surface area contributed by atoms with Crippen molar-refractivity contribution in [3.8, 4) is 17.2 Å². The van der Waals surface area contributed by atoms with E-state index in [2.05, 4.69) is 10.3 Å². The van der Waals surface area contributed by atoms with Crippen LogP contribution in [0.25, 0.3) is 11.5 Å². The minimum atomic E-state index is -0.692. The number of benzene rings is 1. The molecule has 178 valence electrons. The van der Waals surface area contributed by atoms with E-state index in [4.69, 9.17) is 14.9 Å². The molecule has 4 rings (SSSR count). The molecule has 7 nitrogen and oxygen atoms in total. The number of rotatable bonds is 8. The van der Waals surface area contributed by atoms with Crippen molar-refractivity contribution in [2.75, 3.05) is 7.05 Å². The first-order valence-corrected chi connectivity index (χ1v) is 11.8. The maximum absolute atomic E-state index is 12.9. The van der Waals surface area contributed by atoms with Crippen molar-refractivity contribution in [2.45, 2.75) is 51.0 Å². The van der Waals surface area contributed by atoms with E-state index >= 15 is 0 Å². The van der Waals surface area contributed by atoms with Crippen LogP contribution in [0.15, 0.2) is 59.1 Å². The molecule has 2 aromatic heterocycles. The number of nitrogens with one attached hydrogen (secondary N) is 1. The smallest absolute Gasteiger partial charge is 0.284 e. The summed E-state index contributed by atoms with van der Waals surface area (Å²) in [7, 11) is 1.61. The van der Waals surface area contributed by atoms with Gasteiger partial charge in [-0.1, -0.05) is 49.6 Å². The Morgan fingerprint density at radius 3 is 2.47 bits per heavy atom. The number of carbonyl (C=O) groups is 2. The van der Waals surface area contributed by atoms with Crippen molar-refractivity contribution < 1.29 is 18.7 Å². The largest absolute Gasteiger partial charge is 0.484 e. The van der Waals surface area contributed by atoms with E-state index in [0.29, 0.717) is 22.8 Å². The van der Waals surface area contributed by atoms with E-state index in [1.165, 1.54) is 0 Å². The van der Waals surface area contributed by atoms with Crippen LogP contribution in [0.3, 0.4) is 0 Å². The second-order valence-electron chi connectivity index (χ2n) is 8.80. The average Bonchev–Trinajstić information content (AvgIpc) is 3.31. The molecular formula is C27H31N3O4. The fourth-order valence-corrected chi connectivity index (χ4v) is 4.78. The molecule has 2 amide bonds. The minimum absolute atomic E-state index is 0.0222. The van der Waals surface area contributed by atoms with Crippen molar-refractivity contribution in [1.29, 1.82) is 0 Å². The number of ether oxygens (including phenoxy) is 1. The zero-order chi connectivity index (χ0) is 24.1. The van der Waals surface area contributed by atoms with Gasteiger partial charge in [0.1, 0.15) is 17.5 Å². The number of aromatic nitrogens is 1. The van der Waals surface area contributed by atoms with Crippen LogP contribution in [0.4, 0.5) is 0 Å². The molecule has 1 aliphatic rings. The molecule has 0 radical (unpaired) electrons. The normalized spacial score (nSPS) is 15.9. The Kier molecular flexibility index (Phi) is 7.30. The van der Waals surface area contributed by atoms with Crippen molar-refractivity contribution in [3.63, 3.8) is 0 Å². The van der Waals surface area contributed by atoms with Crippen LogP contribution in [0.1, 0.15) is 72.7 Å². The molecule has 0 saturated heterocycles. The van der Waals surface area contributed by atoms with Crippen molar-refractivity contribution in [1.82, 2.24) is 10.3 Å². The molecule has 1 fully saturated rings. The van der Waals surface area contributed by atoms with Gasteiger partial charge in [-0.15, -0.1) is 0 Å². The van der Waals surface area contributed by atoms with Gasteiger partial charge in [-0.25, -0.2) is 4.98 Å². The molecule has 1 aromatic carbocycles. The van der Waals surface area contributed by atoms with Gasteiger partial charge < -0.3 is 20.2 Å². The van der Waals surface area contributed by atoms with Gasteiger partial charge in [0.05, 0.1) is 12.1 Å². The standard InChI is InChI=1S/C27H31N3O4/c1-17(18-9-5-3-6-10-18)33-20-13-14-22(30-16-20)23-15-21(25(34-23)26(28)31)24(27(32)29-2)19-11-7-4-8-12-19/h3,5-6,9-10,13-17,19,24H,4,7-8,11-12H2,1-2H3,(H2,28,31)(H,29,32)/t17-,24+/m1/s1. The molecular weight excluding hydrogens is 430 g/mol. The summed E-state index contributed by atoms with van der Waals surface area (Å²) in [5.41, 5.74) is 7.78. The molecule has 0 unspecified atom stereocenters. The fourth-order valence-electron chi connectivity index (χ4n) is 4.78. The summed E-state index contributed by atoms with van der Waals surface area (Å²) in [5, 5.41) is 2.75. The summed E-state index contributed by atoms with van der Waals surface area (Å²) < 4.78 is 11.9. The Balaban J connectivity index is 1.60. The highest BCUT2D eigenvalue weighted by Gasteiger charge is 2.35. The summed E-state index contributed by atoms with van der Waals surface area (Å²) in [6, 6.07) is 15.3. The highest BCUT2D eigenvalue weighted by Crippen LogP contribution is 2.40. The lowest BCUT2D eigenvalue weighted by atomic mass is 9.76.